The zero-order valence-corrected chi connectivity index (χ0v) is 14.0. The van der Waals surface area contributed by atoms with E-state index in [1.165, 1.54) is 0 Å². The minimum atomic E-state index is -0.171. The first-order chi connectivity index (χ1) is 11.0. The highest BCUT2D eigenvalue weighted by Gasteiger charge is 2.15. The zero-order valence-electron chi connectivity index (χ0n) is 13.2. The van der Waals surface area contributed by atoms with Crippen molar-refractivity contribution >= 4 is 22.9 Å². The molecule has 1 aromatic carbocycles. The second-order valence-corrected chi connectivity index (χ2v) is 6.39. The van der Waals surface area contributed by atoms with Gasteiger partial charge >= 0.3 is 0 Å². The molecule has 0 fully saturated rings. The van der Waals surface area contributed by atoms with E-state index >= 15 is 0 Å². The van der Waals surface area contributed by atoms with Gasteiger partial charge < -0.3 is 9.73 Å². The number of hydrogen-bond acceptors (Lipinski definition) is 5. The van der Waals surface area contributed by atoms with Crippen molar-refractivity contribution in [2.24, 2.45) is 0 Å². The maximum Gasteiger partial charge on any atom is 0.258 e. The summed E-state index contributed by atoms with van der Waals surface area (Å²) in [6.07, 6.45) is 0.0603. The molecule has 3 aromatic rings. The molecule has 0 aliphatic carbocycles. The molecule has 5 nitrogen and oxygen atoms in total. The fourth-order valence-electron chi connectivity index (χ4n) is 2.29. The number of nitrogens with zero attached hydrogens (tertiary/aromatic N) is 2. The lowest BCUT2D eigenvalue weighted by atomic mass is 10.1. The normalized spacial score (nSPS) is 10.7. The Labute approximate surface area is 138 Å². The van der Waals surface area contributed by atoms with Crippen molar-refractivity contribution in [3.05, 3.63) is 52.2 Å². The quantitative estimate of drug-likeness (QED) is 0.789. The third-order valence-corrected chi connectivity index (χ3v) is 4.50. The van der Waals surface area contributed by atoms with Gasteiger partial charge in [0.15, 0.2) is 0 Å². The summed E-state index contributed by atoms with van der Waals surface area (Å²) < 4.78 is 5.59. The molecule has 23 heavy (non-hydrogen) atoms. The van der Waals surface area contributed by atoms with E-state index in [0.717, 1.165) is 27.3 Å². The second-order valence-electron chi connectivity index (χ2n) is 5.48. The minimum Gasteiger partial charge on any atom is -0.419 e. The van der Waals surface area contributed by atoms with Crippen LogP contribution in [0.5, 0.6) is 0 Å². The number of rotatable bonds is 4. The van der Waals surface area contributed by atoms with Gasteiger partial charge in [-0.05, 0) is 49.4 Å². The van der Waals surface area contributed by atoms with E-state index in [1.54, 1.807) is 11.3 Å². The summed E-state index contributed by atoms with van der Waals surface area (Å²) in [6, 6.07) is 7.89. The molecule has 0 saturated carbocycles. The van der Waals surface area contributed by atoms with Gasteiger partial charge in [-0.1, -0.05) is 17.7 Å². The lowest BCUT2D eigenvalue weighted by Crippen LogP contribution is -2.15. The lowest BCUT2D eigenvalue weighted by Gasteiger charge is -2.07. The van der Waals surface area contributed by atoms with Crippen LogP contribution < -0.4 is 5.32 Å². The molecule has 1 N–H and O–H groups in total. The molecule has 2 aromatic heterocycles. The Bertz CT molecular complexity index is 851. The predicted octanol–water partition coefficient (Wildman–Crippen LogP) is 3.90. The number of carbonyl (C=O) groups excluding carboxylic acids is 1. The molecule has 6 heteroatoms. The number of amides is 1. The van der Waals surface area contributed by atoms with Crippen LogP contribution in [-0.4, -0.2) is 16.1 Å². The van der Waals surface area contributed by atoms with E-state index < -0.39 is 0 Å². The monoisotopic (exact) mass is 327 g/mol. The van der Waals surface area contributed by atoms with Crippen LogP contribution in [-0.2, 0) is 11.2 Å². The molecule has 3 rings (SSSR count). The Kier molecular flexibility index (Phi) is 4.25. The van der Waals surface area contributed by atoms with Crippen LogP contribution in [0, 0.1) is 20.8 Å². The van der Waals surface area contributed by atoms with Gasteiger partial charge in [-0.3, -0.25) is 4.79 Å². The van der Waals surface area contributed by atoms with Crippen LogP contribution in [0.25, 0.3) is 10.8 Å². The largest absolute Gasteiger partial charge is 0.419 e. The highest BCUT2D eigenvalue weighted by atomic mass is 32.1. The number of aryl methyl sites for hydroxylation is 3. The first-order valence-electron chi connectivity index (χ1n) is 7.27. The number of benzene rings is 1. The van der Waals surface area contributed by atoms with Crippen molar-refractivity contribution < 1.29 is 9.21 Å². The summed E-state index contributed by atoms with van der Waals surface area (Å²) in [5.74, 6) is 0.608. The third kappa shape index (κ3) is 3.48. The van der Waals surface area contributed by atoms with E-state index in [4.69, 9.17) is 4.42 Å². The molecule has 0 atom stereocenters. The van der Waals surface area contributed by atoms with Crippen molar-refractivity contribution in [1.82, 2.24) is 10.2 Å². The summed E-state index contributed by atoms with van der Waals surface area (Å²) in [7, 11) is 0. The van der Waals surface area contributed by atoms with Crippen molar-refractivity contribution in [2.45, 2.75) is 27.2 Å². The Morgan fingerprint density at radius 3 is 2.70 bits per heavy atom. The average molecular weight is 327 g/mol. The van der Waals surface area contributed by atoms with E-state index in [2.05, 4.69) is 15.5 Å². The summed E-state index contributed by atoms with van der Waals surface area (Å²) in [6.45, 7) is 5.97. The van der Waals surface area contributed by atoms with Gasteiger partial charge in [-0.15, -0.1) is 21.5 Å². The lowest BCUT2D eigenvalue weighted by molar-refractivity contribution is -0.115. The van der Waals surface area contributed by atoms with Crippen LogP contribution >= 0.6 is 11.3 Å². The van der Waals surface area contributed by atoms with E-state index in [-0.39, 0.29) is 12.3 Å². The molecule has 0 saturated heterocycles. The molecule has 0 spiro atoms. The summed E-state index contributed by atoms with van der Waals surface area (Å²) in [5.41, 5.74) is 4.08. The van der Waals surface area contributed by atoms with E-state index in [1.807, 2.05) is 50.4 Å². The molecular formula is C17H17N3O2S. The Hall–Kier alpha value is -2.47. The maximum absolute atomic E-state index is 12.1. The average Bonchev–Trinajstić information content (AvgIpc) is 3.10. The standard InChI is InChI=1S/C17H17N3O2S/c1-10-4-5-13(12(3)8-10)18-14(21)9-15-19-20-17(22-15)16-11(2)6-7-23-16/h4-8H,9H2,1-3H3,(H,18,21). The summed E-state index contributed by atoms with van der Waals surface area (Å²) >= 11 is 1.54. The van der Waals surface area contributed by atoms with Crippen molar-refractivity contribution in [3.63, 3.8) is 0 Å². The number of anilines is 1. The molecular weight excluding hydrogens is 310 g/mol. The Morgan fingerprint density at radius 2 is 2.00 bits per heavy atom. The van der Waals surface area contributed by atoms with Gasteiger partial charge in [0.1, 0.15) is 6.42 Å². The van der Waals surface area contributed by atoms with Crippen LogP contribution in [0.3, 0.4) is 0 Å². The molecule has 0 aliphatic rings. The van der Waals surface area contributed by atoms with Gasteiger partial charge in [-0.25, -0.2) is 0 Å². The second kappa shape index (κ2) is 6.34. The van der Waals surface area contributed by atoms with Gasteiger partial charge in [0.2, 0.25) is 11.8 Å². The van der Waals surface area contributed by atoms with Crippen molar-refractivity contribution in [2.75, 3.05) is 5.32 Å². The summed E-state index contributed by atoms with van der Waals surface area (Å²) in [5, 5.41) is 12.8. The van der Waals surface area contributed by atoms with Crippen molar-refractivity contribution in [3.8, 4) is 10.8 Å². The molecule has 0 radical (unpaired) electrons. The van der Waals surface area contributed by atoms with Crippen LogP contribution in [0.1, 0.15) is 22.6 Å². The van der Waals surface area contributed by atoms with E-state index in [9.17, 15) is 4.79 Å². The molecule has 1 amide bonds. The highest BCUT2D eigenvalue weighted by molar-refractivity contribution is 7.13. The molecule has 0 bridgehead atoms. The number of nitrogens with one attached hydrogen (secondary N) is 1. The molecule has 118 valence electrons. The van der Waals surface area contributed by atoms with Gasteiger partial charge in [0, 0.05) is 5.69 Å². The maximum atomic E-state index is 12.1. The van der Waals surface area contributed by atoms with Crippen LogP contribution in [0.4, 0.5) is 5.69 Å². The Morgan fingerprint density at radius 1 is 1.17 bits per heavy atom. The third-order valence-electron chi connectivity index (χ3n) is 3.49. The molecule has 0 aliphatic heterocycles. The summed E-state index contributed by atoms with van der Waals surface area (Å²) in [4.78, 5) is 13.1. The Balaban J connectivity index is 1.69. The number of thiophene rings is 1. The number of carbonyl (C=O) groups is 1. The molecule has 0 unspecified atom stereocenters. The fourth-order valence-corrected chi connectivity index (χ4v) is 3.14. The predicted molar refractivity (Wildman–Crippen MR) is 90.6 cm³/mol. The first kappa shape index (κ1) is 15.4. The van der Waals surface area contributed by atoms with Crippen LogP contribution in [0.2, 0.25) is 0 Å². The van der Waals surface area contributed by atoms with Crippen LogP contribution in [0.15, 0.2) is 34.1 Å². The SMILES string of the molecule is Cc1ccc(NC(=O)Cc2nnc(-c3sccc3C)o2)c(C)c1. The first-order valence-corrected chi connectivity index (χ1v) is 8.15. The molecule has 2 heterocycles. The van der Waals surface area contributed by atoms with Gasteiger partial charge in [-0.2, -0.15) is 0 Å². The highest BCUT2D eigenvalue weighted by Crippen LogP contribution is 2.27. The minimum absolute atomic E-state index is 0.0603. The number of hydrogen-bond donors (Lipinski definition) is 1. The van der Waals surface area contributed by atoms with E-state index in [0.29, 0.717) is 11.8 Å². The fraction of sp³-hybridized carbons (Fsp3) is 0.235. The van der Waals surface area contributed by atoms with Crippen molar-refractivity contribution in [1.29, 1.82) is 0 Å². The zero-order chi connectivity index (χ0) is 16.4. The number of aromatic nitrogens is 2. The topological polar surface area (TPSA) is 68.0 Å². The van der Waals surface area contributed by atoms with Gasteiger partial charge in [0.05, 0.1) is 4.88 Å². The van der Waals surface area contributed by atoms with Gasteiger partial charge in [0.25, 0.3) is 5.89 Å². The smallest absolute Gasteiger partial charge is 0.258 e.